The molecule has 1 rings (SSSR count). The predicted octanol–water partition coefficient (Wildman–Crippen LogP) is -0.0682. The highest BCUT2D eigenvalue weighted by Gasteiger charge is 2.26. The summed E-state index contributed by atoms with van der Waals surface area (Å²) in [7, 11) is 0. The zero-order chi connectivity index (χ0) is 12.0. The van der Waals surface area contributed by atoms with Crippen LogP contribution in [0.25, 0.3) is 0 Å². The van der Waals surface area contributed by atoms with Gasteiger partial charge in [-0.25, -0.2) is 0 Å². The molecule has 0 spiro atoms. The molecule has 92 valence electrons. The molecule has 1 amide bonds. The lowest BCUT2D eigenvalue weighted by molar-refractivity contribution is -0.129. The summed E-state index contributed by atoms with van der Waals surface area (Å²) in [6.45, 7) is 4.32. The van der Waals surface area contributed by atoms with Gasteiger partial charge in [-0.05, 0) is 13.0 Å². The van der Waals surface area contributed by atoms with Crippen LogP contribution in [0.3, 0.4) is 0 Å². The van der Waals surface area contributed by atoms with Gasteiger partial charge in [0.1, 0.15) is 11.8 Å². The van der Waals surface area contributed by atoms with Gasteiger partial charge in [0.25, 0.3) is 0 Å². The lowest BCUT2D eigenvalue weighted by Crippen LogP contribution is -2.52. The van der Waals surface area contributed by atoms with Crippen molar-refractivity contribution >= 4 is 11.7 Å². The van der Waals surface area contributed by atoms with Gasteiger partial charge in [-0.15, -0.1) is 0 Å². The normalized spacial score (nSPS) is 21.9. The van der Waals surface area contributed by atoms with Crippen LogP contribution in [0.1, 0.15) is 26.2 Å². The summed E-state index contributed by atoms with van der Waals surface area (Å²) in [6.07, 6.45) is 1.96. The van der Waals surface area contributed by atoms with E-state index in [4.69, 9.17) is 10.5 Å². The quantitative estimate of drug-likeness (QED) is 0.691. The summed E-state index contributed by atoms with van der Waals surface area (Å²) in [6, 6.07) is -0.328. The number of morpholine rings is 1. The van der Waals surface area contributed by atoms with E-state index < -0.39 is 0 Å². The van der Waals surface area contributed by atoms with Crippen LogP contribution in [-0.2, 0) is 14.3 Å². The molecule has 1 aliphatic rings. The van der Waals surface area contributed by atoms with Gasteiger partial charge in [0.2, 0.25) is 5.91 Å². The third-order valence-corrected chi connectivity index (χ3v) is 2.86. The number of rotatable bonds is 6. The van der Waals surface area contributed by atoms with Crippen LogP contribution in [0.2, 0.25) is 0 Å². The van der Waals surface area contributed by atoms with Crippen LogP contribution in [0.5, 0.6) is 0 Å². The average molecular weight is 228 g/mol. The average Bonchev–Trinajstić information content (AvgIpc) is 2.29. The van der Waals surface area contributed by atoms with Crippen LogP contribution in [0.4, 0.5) is 0 Å². The minimum Gasteiger partial charge on any atom is -0.378 e. The fourth-order valence-electron chi connectivity index (χ4n) is 1.82. The van der Waals surface area contributed by atoms with E-state index in [0.29, 0.717) is 32.6 Å². The molecule has 5 heteroatoms. The number of carbonyl (C=O) groups excluding carboxylic acids is 2. The molecule has 0 aromatic heterocycles. The van der Waals surface area contributed by atoms with Crippen LogP contribution in [0.15, 0.2) is 0 Å². The number of ketones is 1. The van der Waals surface area contributed by atoms with E-state index in [1.165, 1.54) is 0 Å². The monoisotopic (exact) mass is 228 g/mol. The molecule has 1 fully saturated rings. The lowest BCUT2D eigenvalue weighted by Gasteiger charge is -2.33. The molecule has 0 saturated carbocycles. The number of primary amides is 1. The minimum atomic E-state index is -0.346. The molecule has 0 aliphatic carbocycles. The van der Waals surface area contributed by atoms with Gasteiger partial charge in [0.05, 0.1) is 13.2 Å². The second-order valence-electron chi connectivity index (χ2n) is 4.02. The molecule has 5 nitrogen and oxygen atoms in total. The number of Topliss-reactive ketones (excluding diaryl/α,β-unsaturated/α-hetero) is 1. The molecule has 1 heterocycles. The molecule has 0 aromatic rings. The first-order valence-electron chi connectivity index (χ1n) is 5.78. The Balaban J connectivity index is 2.32. The number of carbonyl (C=O) groups is 2. The van der Waals surface area contributed by atoms with E-state index in [1.54, 1.807) is 0 Å². The van der Waals surface area contributed by atoms with Crippen molar-refractivity contribution in [1.82, 2.24) is 4.90 Å². The summed E-state index contributed by atoms with van der Waals surface area (Å²) >= 11 is 0. The molecule has 16 heavy (non-hydrogen) atoms. The third kappa shape index (κ3) is 3.90. The number of nitrogens with two attached hydrogens (primary N) is 1. The zero-order valence-corrected chi connectivity index (χ0v) is 9.78. The topological polar surface area (TPSA) is 72.6 Å². The fraction of sp³-hybridized carbons (Fsp3) is 0.818. The highest BCUT2D eigenvalue weighted by Crippen LogP contribution is 2.08. The van der Waals surface area contributed by atoms with Gasteiger partial charge >= 0.3 is 0 Å². The Hall–Kier alpha value is -0.940. The Bertz CT molecular complexity index is 256. The van der Waals surface area contributed by atoms with Crippen molar-refractivity contribution in [2.24, 2.45) is 5.73 Å². The Kier molecular flexibility index (Phi) is 5.42. The van der Waals surface area contributed by atoms with Crippen LogP contribution < -0.4 is 5.73 Å². The molecule has 1 atom stereocenters. The maximum Gasteiger partial charge on any atom is 0.237 e. The highest BCUT2D eigenvalue weighted by molar-refractivity contribution is 5.80. The maximum absolute atomic E-state index is 11.2. The van der Waals surface area contributed by atoms with Crippen molar-refractivity contribution < 1.29 is 14.3 Å². The van der Waals surface area contributed by atoms with Crippen LogP contribution in [-0.4, -0.2) is 48.9 Å². The second kappa shape index (κ2) is 6.60. The van der Waals surface area contributed by atoms with Gasteiger partial charge in [0.15, 0.2) is 0 Å². The highest BCUT2D eigenvalue weighted by atomic mass is 16.5. The molecular formula is C11H20N2O3. The van der Waals surface area contributed by atoms with Gasteiger partial charge in [-0.1, -0.05) is 6.92 Å². The Morgan fingerprint density at radius 2 is 2.25 bits per heavy atom. The first-order chi connectivity index (χ1) is 7.65. The first-order valence-corrected chi connectivity index (χ1v) is 5.78. The Labute approximate surface area is 95.9 Å². The van der Waals surface area contributed by atoms with Gasteiger partial charge in [-0.3, -0.25) is 14.5 Å². The molecule has 1 aliphatic heterocycles. The largest absolute Gasteiger partial charge is 0.378 e. The smallest absolute Gasteiger partial charge is 0.237 e. The number of hydrogen-bond donors (Lipinski definition) is 1. The van der Waals surface area contributed by atoms with E-state index >= 15 is 0 Å². The predicted molar refractivity (Wildman–Crippen MR) is 59.9 cm³/mol. The summed E-state index contributed by atoms with van der Waals surface area (Å²) in [5.41, 5.74) is 5.29. The Morgan fingerprint density at radius 3 is 2.88 bits per heavy atom. The van der Waals surface area contributed by atoms with E-state index in [1.807, 2.05) is 11.8 Å². The fourth-order valence-corrected chi connectivity index (χ4v) is 1.82. The SMILES string of the molecule is CCC(=O)CCCN1CCOCC1C(N)=O. The molecule has 2 N–H and O–H groups in total. The summed E-state index contributed by atoms with van der Waals surface area (Å²) in [4.78, 5) is 24.3. The van der Waals surface area contributed by atoms with Gasteiger partial charge in [-0.2, -0.15) is 0 Å². The third-order valence-electron chi connectivity index (χ3n) is 2.86. The lowest BCUT2D eigenvalue weighted by atomic mass is 10.1. The van der Waals surface area contributed by atoms with Crippen LogP contribution in [0, 0.1) is 0 Å². The molecule has 0 aromatic carbocycles. The van der Waals surface area contributed by atoms with E-state index in [-0.39, 0.29) is 17.7 Å². The number of nitrogens with zero attached hydrogens (tertiary/aromatic N) is 1. The number of ether oxygens (including phenoxy) is 1. The van der Waals surface area contributed by atoms with Crippen molar-refractivity contribution in [3.05, 3.63) is 0 Å². The standard InChI is InChI=1S/C11H20N2O3/c1-2-9(14)4-3-5-13-6-7-16-8-10(13)11(12)15/h10H,2-8H2,1H3,(H2,12,15). The maximum atomic E-state index is 11.2. The van der Waals surface area contributed by atoms with Crippen molar-refractivity contribution in [1.29, 1.82) is 0 Å². The van der Waals surface area contributed by atoms with E-state index in [2.05, 4.69) is 0 Å². The van der Waals surface area contributed by atoms with Gasteiger partial charge < -0.3 is 10.5 Å². The van der Waals surface area contributed by atoms with Crippen molar-refractivity contribution in [2.45, 2.75) is 32.2 Å². The molecule has 0 bridgehead atoms. The molecule has 0 radical (unpaired) electrons. The zero-order valence-electron chi connectivity index (χ0n) is 9.78. The molecular weight excluding hydrogens is 208 g/mol. The summed E-state index contributed by atoms with van der Waals surface area (Å²) in [5, 5.41) is 0. The number of amides is 1. The van der Waals surface area contributed by atoms with Crippen molar-refractivity contribution in [3.8, 4) is 0 Å². The minimum absolute atomic E-state index is 0.267. The van der Waals surface area contributed by atoms with Crippen LogP contribution >= 0.6 is 0 Å². The molecule has 1 saturated heterocycles. The number of hydrogen-bond acceptors (Lipinski definition) is 4. The second-order valence-corrected chi connectivity index (χ2v) is 4.02. The summed E-state index contributed by atoms with van der Waals surface area (Å²) < 4.78 is 5.21. The molecule has 1 unspecified atom stereocenters. The van der Waals surface area contributed by atoms with Gasteiger partial charge in [0, 0.05) is 19.4 Å². The van der Waals surface area contributed by atoms with Crippen molar-refractivity contribution in [3.63, 3.8) is 0 Å². The first kappa shape index (κ1) is 13.1. The Morgan fingerprint density at radius 1 is 1.50 bits per heavy atom. The van der Waals surface area contributed by atoms with E-state index in [9.17, 15) is 9.59 Å². The van der Waals surface area contributed by atoms with E-state index in [0.717, 1.165) is 13.0 Å². The van der Waals surface area contributed by atoms with Crippen molar-refractivity contribution in [2.75, 3.05) is 26.3 Å². The summed E-state index contributed by atoms with van der Waals surface area (Å²) in [5.74, 6) is -0.0783.